The fourth-order valence-corrected chi connectivity index (χ4v) is 4.00. The van der Waals surface area contributed by atoms with Crippen LogP contribution in [0.2, 0.25) is 0 Å². The van der Waals surface area contributed by atoms with E-state index in [1.165, 1.54) is 30.7 Å². The van der Waals surface area contributed by atoms with Gasteiger partial charge >= 0.3 is 5.97 Å². The van der Waals surface area contributed by atoms with E-state index in [0.717, 1.165) is 21.7 Å². The molecular weight excluding hydrogens is 428 g/mol. The zero-order valence-electron chi connectivity index (χ0n) is 18.8. The van der Waals surface area contributed by atoms with Crippen molar-refractivity contribution in [2.45, 2.75) is 46.6 Å². The molecule has 168 valence electrons. The highest BCUT2D eigenvalue weighted by Crippen LogP contribution is 2.31. The SMILES string of the molecule is CCCC(=O)Oc1c(OC)ccnc1C(=O)N[C@@H](C)c1nnc(-c2cc(C)cc(C)c2)s1. The molecule has 0 saturated heterocycles. The van der Waals surface area contributed by atoms with Crippen LogP contribution in [0.4, 0.5) is 0 Å². The Hall–Kier alpha value is -3.33. The number of amides is 1. The van der Waals surface area contributed by atoms with Gasteiger partial charge in [-0.2, -0.15) is 0 Å². The second kappa shape index (κ2) is 10.3. The molecule has 8 nitrogen and oxygen atoms in total. The van der Waals surface area contributed by atoms with Crippen LogP contribution in [-0.2, 0) is 4.79 Å². The van der Waals surface area contributed by atoms with E-state index in [2.05, 4.69) is 38.7 Å². The molecule has 1 aromatic carbocycles. The van der Waals surface area contributed by atoms with Crippen LogP contribution in [0.5, 0.6) is 11.5 Å². The molecule has 1 N–H and O–H groups in total. The van der Waals surface area contributed by atoms with Crippen LogP contribution in [0.15, 0.2) is 30.5 Å². The van der Waals surface area contributed by atoms with Crippen LogP contribution in [0.25, 0.3) is 10.6 Å². The smallest absolute Gasteiger partial charge is 0.311 e. The first-order chi connectivity index (χ1) is 15.3. The van der Waals surface area contributed by atoms with Crippen molar-refractivity contribution in [2.75, 3.05) is 7.11 Å². The van der Waals surface area contributed by atoms with E-state index in [4.69, 9.17) is 9.47 Å². The number of ether oxygens (including phenoxy) is 2. The molecule has 0 saturated carbocycles. The molecule has 0 aliphatic carbocycles. The minimum Gasteiger partial charge on any atom is -0.493 e. The van der Waals surface area contributed by atoms with Crippen molar-refractivity contribution in [3.05, 3.63) is 52.3 Å². The summed E-state index contributed by atoms with van der Waals surface area (Å²) < 4.78 is 10.6. The van der Waals surface area contributed by atoms with E-state index in [1.807, 2.05) is 27.7 Å². The van der Waals surface area contributed by atoms with Crippen LogP contribution in [-0.4, -0.2) is 34.2 Å². The topological polar surface area (TPSA) is 103 Å². The number of carbonyl (C=O) groups is 2. The molecule has 32 heavy (non-hydrogen) atoms. The number of aryl methyl sites for hydroxylation is 2. The molecule has 0 fully saturated rings. The lowest BCUT2D eigenvalue weighted by molar-refractivity contribution is -0.134. The molecular formula is C23H26N4O4S. The Morgan fingerprint density at radius 2 is 1.88 bits per heavy atom. The van der Waals surface area contributed by atoms with E-state index in [9.17, 15) is 9.59 Å². The molecule has 0 aliphatic rings. The Morgan fingerprint density at radius 3 is 2.53 bits per heavy atom. The maximum atomic E-state index is 13.0. The highest BCUT2D eigenvalue weighted by Gasteiger charge is 2.24. The van der Waals surface area contributed by atoms with Crippen LogP contribution in [0.1, 0.15) is 59.4 Å². The van der Waals surface area contributed by atoms with Crippen molar-refractivity contribution in [1.29, 1.82) is 0 Å². The average Bonchev–Trinajstić information content (AvgIpc) is 3.24. The summed E-state index contributed by atoms with van der Waals surface area (Å²) in [6, 6.07) is 7.32. The summed E-state index contributed by atoms with van der Waals surface area (Å²) in [6.45, 7) is 7.75. The maximum Gasteiger partial charge on any atom is 0.311 e. The van der Waals surface area contributed by atoms with Crippen LogP contribution in [0, 0.1) is 13.8 Å². The van der Waals surface area contributed by atoms with Crippen LogP contribution in [0.3, 0.4) is 0 Å². The Bertz CT molecular complexity index is 1110. The van der Waals surface area contributed by atoms with Gasteiger partial charge in [0.05, 0.1) is 13.2 Å². The monoisotopic (exact) mass is 454 g/mol. The first kappa shape index (κ1) is 23.3. The number of nitrogens with one attached hydrogen (secondary N) is 1. The van der Waals surface area contributed by atoms with Gasteiger partial charge in [-0.15, -0.1) is 10.2 Å². The molecule has 0 radical (unpaired) electrons. The van der Waals surface area contributed by atoms with Gasteiger partial charge in [0.2, 0.25) is 5.75 Å². The second-order valence-corrected chi connectivity index (χ2v) is 8.44. The highest BCUT2D eigenvalue weighted by molar-refractivity contribution is 7.14. The molecule has 3 aromatic rings. The van der Waals surface area contributed by atoms with Gasteiger partial charge in [-0.05, 0) is 39.3 Å². The van der Waals surface area contributed by atoms with Crippen LogP contribution >= 0.6 is 11.3 Å². The van der Waals surface area contributed by atoms with E-state index >= 15 is 0 Å². The Kier molecular flexibility index (Phi) is 7.53. The third-order valence-corrected chi connectivity index (χ3v) is 5.76. The van der Waals surface area contributed by atoms with Gasteiger partial charge < -0.3 is 14.8 Å². The molecule has 0 spiro atoms. The predicted molar refractivity (Wildman–Crippen MR) is 122 cm³/mol. The van der Waals surface area contributed by atoms with Gasteiger partial charge in [0, 0.05) is 24.2 Å². The van der Waals surface area contributed by atoms with E-state index in [1.54, 1.807) is 0 Å². The number of nitrogens with zero attached hydrogens (tertiary/aromatic N) is 3. The first-order valence-electron chi connectivity index (χ1n) is 10.3. The first-order valence-corrected chi connectivity index (χ1v) is 11.1. The summed E-state index contributed by atoms with van der Waals surface area (Å²) in [6.07, 6.45) is 2.28. The van der Waals surface area contributed by atoms with Crippen LogP contribution < -0.4 is 14.8 Å². The molecule has 2 aromatic heterocycles. The summed E-state index contributed by atoms with van der Waals surface area (Å²) in [5, 5.41) is 12.8. The number of benzene rings is 1. The number of carbonyl (C=O) groups excluding carboxylic acids is 2. The van der Waals surface area contributed by atoms with Crippen molar-refractivity contribution in [2.24, 2.45) is 0 Å². The predicted octanol–water partition coefficient (Wildman–Crippen LogP) is 4.42. The lowest BCUT2D eigenvalue weighted by Gasteiger charge is -2.14. The average molecular weight is 455 g/mol. The second-order valence-electron chi connectivity index (χ2n) is 7.43. The number of aromatic nitrogens is 3. The molecule has 2 heterocycles. The molecule has 3 rings (SSSR count). The van der Waals surface area contributed by atoms with Crippen molar-refractivity contribution in [3.63, 3.8) is 0 Å². The van der Waals surface area contributed by atoms with Crippen molar-refractivity contribution in [1.82, 2.24) is 20.5 Å². The van der Waals surface area contributed by atoms with Gasteiger partial charge in [0.1, 0.15) is 10.0 Å². The molecule has 0 bridgehead atoms. The summed E-state index contributed by atoms with van der Waals surface area (Å²) in [7, 11) is 1.44. The molecule has 9 heteroatoms. The van der Waals surface area contributed by atoms with Crippen molar-refractivity contribution in [3.8, 4) is 22.1 Å². The zero-order valence-corrected chi connectivity index (χ0v) is 19.6. The minimum absolute atomic E-state index is 0.00587. The van der Waals surface area contributed by atoms with Gasteiger partial charge in [-0.1, -0.05) is 35.5 Å². The van der Waals surface area contributed by atoms with Gasteiger partial charge in [0.15, 0.2) is 11.4 Å². The number of pyridine rings is 1. The summed E-state index contributed by atoms with van der Waals surface area (Å²) in [5.41, 5.74) is 3.25. The number of hydrogen-bond donors (Lipinski definition) is 1. The number of rotatable bonds is 8. The van der Waals surface area contributed by atoms with E-state index in [0.29, 0.717) is 11.4 Å². The third kappa shape index (κ3) is 5.47. The largest absolute Gasteiger partial charge is 0.493 e. The lowest BCUT2D eigenvalue weighted by Crippen LogP contribution is -2.28. The molecule has 1 amide bonds. The quantitative estimate of drug-likeness (QED) is 0.503. The highest BCUT2D eigenvalue weighted by atomic mass is 32.1. The normalized spacial score (nSPS) is 11.7. The fraction of sp³-hybridized carbons (Fsp3) is 0.348. The standard InChI is InChI=1S/C23H26N4O4S/c1-6-7-18(28)31-20-17(30-5)8-9-24-19(20)21(29)25-15(4)22-26-27-23(32-22)16-11-13(2)10-14(3)12-16/h8-12,15H,6-7H2,1-5H3,(H,25,29)/t15-/m0/s1. The van der Waals surface area contributed by atoms with E-state index in [-0.39, 0.29) is 23.6 Å². The Labute approximate surface area is 191 Å². The van der Waals surface area contributed by atoms with Crippen molar-refractivity contribution < 1.29 is 19.1 Å². The van der Waals surface area contributed by atoms with Gasteiger partial charge in [-0.3, -0.25) is 9.59 Å². The summed E-state index contributed by atoms with van der Waals surface area (Å²) in [4.78, 5) is 29.1. The molecule has 1 atom stereocenters. The van der Waals surface area contributed by atoms with Crippen molar-refractivity contribution >= 4 is 23.2 Å². The Morgan fingerprint density at radius 1 is 1.16 bits per heavy atom. The lowest BCUT2D eigenvalue weighted by atomic mass is 10.1. The Balaban J connectivity index is 1.80. The molecule has 0 aliphatic heterocycles. The fourth-order valence-electron chi connectivity index (χ4n) is 3.17. The number of esters is 1. The molecule has 0 unspecified atom stereocenters. The van der Waals surface area contributed by atoms with E-state index < -0.39 is 17.9 Å². The number of methoxy groups -OCH3 is 1. The maximum absolute atomic E-state index is 13.0. The summed E-state index contributed by atoms with van der Waals surface area (Å²) in [5.74, 6) is -0.691. The van der Waals surface area contributed by atoms with Gasteiger partial charge in [0.25, 0.3) is 5.91 Å². The third-order valence-electron chi connectivity index (χ3n) is 4.60. The van der Waals surface area contributed by atoms with Gasteiger partial charge in [-0.25, -0.2) is 4.98 Å². The minimum atomic E-state index is -0.501. The zero-order chi connectivity index (χ0) is 23.3. The number of hydrogen-bond acceptors (Lipinski definition) is 8. The summed E-state index contributed by atoms with van der Waals surface area (Å²) >= 11 is 1.41.